The van der Waals surface area contributed by atoms with E-state index < -0.39 is 0 Å². The predicted octanol–water partition coefficient (Wildman–Crippen LogP) is 3.90. The number of rotatable bonds is 3. The molecule has 0 radical (unpaired) electrons. The predicted molar refractivity (Wildman–Crippen MR) is 80.0 cm³/mol. The summed E-state index contributed by atoms with van der Waals surface area (Å²) < 4.78 is 2.18. The molecule has 98 valence electrons. The Morgan fingerprint density at radius 2 is 2.16 bits per heavy atom. The average Bonchev–Trinajstić information content (AvgIpc) is 2.96. The number of benzene rings is 1. The number of hydrogen-bond acceptors (Lipinski definition) is 3. The molecule has 2 aromatic heterocycles. The van der Waals surface area contributed by atoms with Crippen molar-refractivity contribution in [3.8, 4) is 0 Å². The SMILES string of the molecule is Cc1ncc(Cn2c(CCl)nc3c(C)cccc32)s1. The monoisotopic (exact) mass is 291 g/mol. The smallest absolute Gasteiger partial charge is 0.125 e. The van der Waals surface area contributed by atoms with Crippen molar-refractivity contribution < 1.29 is 0 Å². The highest BCUT2D eigenvalue weighted by molar-refractivity contribution is 7.11. The molecule has 3 aromatic rings. The van der Waals surface area contributed by atoms with Crippen molar-refractivity contribution in [1.29, 1.82) is 0 Å². The summed E-state index contributed by atoms with van der Waals surface area (Å²) in [5.41, 5.74) is 3.36. The molecule has 0 N–H and O–H groups in total. The van der Waals surface area contributed by atoms with Crippen LogP contribution >= 0.6 is 22.9 Å². The van der Waals surface area contributed by atoms with E-state index in [2.05, 4.69) is 39.7 Å². The number of para-hydroxylation sites is 1. The highest BCUT2D eigenvalue weighted by Crippen LogP contribution is 2.23. The third-order valence-corrected chi connectivity index (χ3v) is 4.30. The Balaban J connectivity index is 2.13. The molecule has 0 saturated heterocycles. The molecule has 0 unspecified atom stereocenters. The molecular formula is C14H14ClN3S. The third kappa shape index (κ3) is 2.26. The summed E-state index contributed by atoms with van der Waals surface area (Å²) in [6.07, 6.45) is 1.93. The molecule has 0 aliphatic heterocycles. The minimum absolute atomic E-state index is 0.423. The lowest BCUT2D eigenvalue weighted by Crippen LogP contribution is -2.02. The van der Waals surface area contributed by atoms with Crippen LogP contribution in [0.3, 0.4) is 0 Å². The van der Waals surface area contributed by atoms with Gasteiger partial charge in [0.15, 0.2) is 0 Å². The number of alkyl halides is 1. The van der Waals surface area contributed by atoms with Crippen molar-refractivity contribution in [2.75, 3.05) is 0 Å². The van der Waals surface area contributed by atoms with Crippen molar-refractivity contribution in [3.63, 3.8) is 0 Å². The van der Waals surface area contributed by atoms with E-state index in [9.17, 15) is 0 Å². The Morgan fingerprint density at radius 3 is 2.84 bits per heavy atom. The Kier molecular flexibility index (Phi) is 3.29. The molecule has 3 rings (SSSR count). The van der Waals surface area contributed by atoms with Gasteiger partial charge in [-0.15, -0.1) is 22.9 Å². The standard InChI is InChI=1S/C14H14ClN3S/c1-9-4-3-5-12-14(9)17-13(6-15)18(12)8-11-7-16-10(2)19-11/h3-5,7H,6,8H2,1-2H3. The lowest BCUT2D eigenvalue weighted by molar-refractivity contribution is 0.787. The van der Waals surface area contributed by atoms with Crippen molar-refractivity contribution in [2.24, 2.45) is 0 Å². The molecule has 0 aliphatic carbocycles. The Hall–Kier alpha value is -1.39. The number of nitrogens with zero attached hydrogens (tertiary/aromatic N) is 3. The second-order valence-corrected chi connectivity index (χ2v) is 6.12. The topological polar surface area (TPSA) is 30.7 Å². The maximum atomic E-state index is 6.03. The molecule has 1 aromatic carbocycles. The highest BCUT2D eigenvalue weighted by Gasteiger charge is 2.12. The van der Waals surface area contributed by atoms with Gasteiger partial charge in [-0.05, 0) is 25.5 Å². The van der Waals surface area contributed by atoms with Crippen molar-refractivity contribution in [3.05, 3.63) is 45.7 Å². The molecule has 0 saturated carbocycles. The van der Waals surface area contributed by atoms with Gasteiger partial charge < -0.3 is 4.57 Å². The molecule has 0 amide bonds. The zero-order valence-corrected chi connectivity index (χ0v) is 12.4. The Bertz CT molecular complexity index is 729. The molecule has 5 heteroatoms. The summed E-state index contributed by atoms with van der Waals surface area (Å²) in [4.78, 5) is 10.2. The molecule has 3 nitrogen and oxygen atoms in total. The maximum absolute atomic E-state index is 6.03. The Labute approximate surface area is 120 Å². The van der Waals surface area contributed by atoms with Crippen LogP contribution in [0.4, 0.5) is 0 Å². The van der Waals surface area contributed by atoms with E-state index in [1.165, 1.54) is 10.4 Å². The second-order valence-electron chi connectivity index (χ2n) is 4.54. The molecular weight excluding hydrogens is 278 g/mol. The lowest BCUT2D eigenvalue weighted by Gasteiger charge is -2.05. The van der Waals surface area contributed by atoms with Crippen LogP contribution < -0.4 is 0 Å². The summed E-state index contributed by atoms with van der Waals surface area (Å²) in [6, 6.07) is 6.24. The number of fused-ring (bicyclic) bond motifs is 1. The number of halogens is 1. The fourth-order valence-electron chi connectivity index (χ4n) is 2.25. The summed E-state index contributed by atoms with van der Waals surface area (Å²) in [5.74, 6) is 1.34. The molecule has 19 heavy (non-hydrogen) atoms. The summed E-state index contributed by atoms with van der Waals surface area (Å²) in [5, 5.41) is 1.09. The fraction of sp³-hybridized carbons (Fsp3) is 0.286. The molecule has 2 heterocycles. The largest absolute Gasteiger partial charge is 0.322 e. The van der Waals surface area contributed by atoms with Gasteiger partial charge in [0.05, 0.1) is 28.5 Å². The van der Waals surface area contributed by atoms with Gasteiger partial charge in [0, 0.05) is 11.1 Å². The lowest BCUT2D eigenvalue weighted by atomic mass is 10.2. The number of imidazole rings is 1. The van der Waals surface area contributed by atoms with Gasteiger partial charge in [-0.1, -0.05) is 12.1 Å². The number of thiazole rings is 1. The van der Waals surface area contributed by atoms with Crippen LogP contribution in [-0.2, 0) is 12.4 Å². The second kappa shape index (κ2) is 4.94. The first kappa shape index (κ1) is 12.6. The maximum Gasteiger partial charge on any atom is 0.125 e. The van der Waals surface area contributed by atoms with Gasteiger partial charge in [-0.25, -0.2) is 9.97 Å². The fourth-order valence-corrected chi connectivity index (χ4v) is 3.24. The van der Waals surface area contributed by atoms with Crippen molar-refractivity contribution in [2.45, 2.75) is 26.3 Å². The van der Waals surface area contributed by atoms with E-state index in [1.807, 2.05) is 13.1 Å². The summed E-state index contributed by atoms with van der Waals surface area (Å²) in [7, 11) is 0. The van der Waals surface area contributed by atoms with E-state index in [4.69, 9.17) is 11.6 Å². The molecule has 0 fully saturated rings. The van der Waals surface area contributed by atoms with Crippen LogP contribution in [0.5, 0.6) is 0 Å². The van der Waals surface area contributed by atoms with E-state index in [1.54, 1.807) is 11.3 Å². The quantitative estimate of drug-likeness (QED) is 0.685. The molecule has 0 atom stereocenters. The van der Waals surface area contributed by atoms with Crippen LogP contribution in [0.1, 0.15) is 21.3 Å². The zero-order valence-electron chi connectivity index (χ0n) is 10.9. The van der Waals surface area contributed by atoms with Crippen LogP contribution in [0.25, 0.3) is 11.0 Å². The highest BCUT2D eigenvalue weighted by atomic mass is 35.5. The number of hydrogen-bond donors (Lipinski definition) is 0. The summed E-state index contributed by atoms with van der Waals surface area (Å²) >= 11 is 7.75. The van der Waals surface area contributed by atoms with E-state index >= 15 is 0 Å². The molecule has 0 aliphatic rings. The van der Waals surface area contributed by atoms with Crippen LogP contribution in [0.15, 0.2) is 24.4 Å². The van der Waals surface area contributed by atoms with Crippen molar-refractivity contribution in [1.82, 2.24) is 14.5 Å². The minimum atomic E-state index is 0.423. The van der Waals surface area contributed by atoms with E-state index in [0.717, 1.165) is 28.4 Å². The van der Waals surface area contributed by atoms with Crippen molar-refractivity contribution >= 4 is 34.0 Å². The first-order valence-electron chi connectivity index (χ1n) is 6.11. The van der Waals surface area contributed by atoms with Gasteiger partial charge in [0.2, 0.25) is 0 Å². The van der Waals surface area contributed by atoms with Gasteiger partial charge in [0.25, 0.3) is 0 Å². The van der Waals surface area contributed by atoms with Gasteiger partial charge in [-0.3, -0.25) is 0 Å². The Morgan fingerprint density at radius 1 is 1.32 bits per heavy atom. The van der Waals surface area contributed by atoms with E-state index in [0.29, 0.717) is 5.88 Å². The van der Waals surface area contributed by atoms with Crippen LogP contribution in [-0.4, -0.2) is 14.5 Å². The van der Waals surface area contributed by atoms with Gasteiger partial charge in [0.1, 0.15) is 5.82 Å². The normalized spacial score (nSPS) is 11.3. The first-order valence-corrected chi connectivity index (χ1v) is 7.46. The minimum Gasteiger partial charge on any atom is -0.322 e. The molecule has 0 bridgehead atoms. The third-order valence-electron chi connectivity index (χ3n) is 3.16. The number of aryl methyl sites for hydroxylation is 2. The van der Waals surface area contributed by atoms with E-state index in [-0.39, 0.29) is 0 Å². The average molecular weight is 292 g/mol. The van der Waals surface area contributed by atoms with Gasteiger partial charge in [-0.2, -0.15) is 0 Å². The number of aromatic nitrogens is 3. The van der Waals surface area contributed by atoms with Crippen LogP contribution in [0, 0.1) is 13.8 Å². The summed E-state index contributed by atoms with van der Waals surface area (Å²) in [6.45, 7) is 4.88. The first-order chi connectivity index (χ1) is 9.19. The van der Waals surface area contributed by atoms with Crippen LogP contribution in [0.2, 0.25) is 0 Å². The molecule has 0 spiro atoms. The zero-order chi connectivity index (χ0) is 13.4. The van der Waals surface area contributed by atoms with Gasteiger partial charge >= 0.3 is 0 Å².